The van der Waals surface area contributed by atoms with Crippen molar-refractivity contribution in [3.63, 3.8) is 0 Å². The number of carbonyl (C=O) groups is 1. The highest BCUT2D eigenvalue weighted by Gasteiger charge is 2.23. The normalized spacial score (nSPS) is 12.6. The van der Waals surface area contributed by atoms with Crippen LogP contribution in [0.25, 0.3) is 38.8 Å². The van der Waals surface area contributed by atoms with Crippen molar-refractivity contribution in [1.82, 2.24) is 0 Å². The molecule has 0 aliphatic heterocycles. The second kappa shape index (κ2) is 10.8. The molecule has 214 valence electrons. The predicted octanol–water partition coefficient (Wildman–Crippen LogP) is 10.0. The van der Waals surface area contributed by atoms with Gasteiger partial charge in [-0.2, -0.15) is 5.26 Å². The maximum absolute atomic E-state index is 11.3. The Hall–Kier alpha value is -5.70. The highest BCUT2D eigenvalue weighted by molar-refractivity contribution is 7.16. The van der Waals surface area contributed by atoms with Crippen molar-refractivity contribution in [1.29, 1.82) is 5.26 Å². The number of thiophene rings is 1. The molecule has 4 nitrogen and oxygen atoms in total. The van der Waals surface area contributed by atoms with E-state index in [-0.39, 0.29) is 5.57 Å². The number of rotatable bonds is 6. The molecular formula is C40H26N2O2S. The Morgan fingerprint density at radius 2 is 1.20 bits per heavy atom. The molecule has 1 N–H and O–H groups in total. The van der Waals surface area contributed by atoms with E-state index in [1.807, 2.05) is 12.1 Å². The minimum Gasteiger partial charge on any atom is -0.477 e. The Kier molecular flexibility index (Phi) is 6.44. The lowest BCUT2D eigenvalue weighted by molar-refractivity contribution is -0.132. The molecule has 2 aliphatic rings. The standard InChI is InChI=1S/C40H26N2O2S/c41-24-30(40(43)44)23-34-15-18-39(45-34)25-9-11-31(12-10-25)42(32-13-16-37-28(21-32)19-26-5-1-3-7-35(26)37)33-14-17-38-29(22-33)20-27-6-2-4-8-36(27)38/h1-18,21-23H,19-20H2,(H,43,44). The lowest BCUT2D eigenvalue weighted by atomic mass is 10.0. The lowest BCUT2D eigenvalue weighted by Gasteiger charge is -2.27. The monoisotopic (exact) mass is 598 g/mol. The summed E-state index contributed by atoms with van der Waals surface area (Å²) >= 11 is 1.46. The van der Waals surface area contributed by atoms with Crippen LogP contribution >= 0.6 is 11.3 Å². The number of fused-ring (bicyclic) bond motifs is 6. The van der Waals surface area contributed by atoms with Crippen LogP contribution in [0.1, 0.15) is 27.1 Å². The summed E-state index contributed by atoms with van der Waals surface area (Å²) in [5.74, 6) is -1.22. The summed E-state index contributed by atoms with van der Waals surface area (Å²) in [5.41, 5.74) is 14.7. The molecule has 0 unspecified atom stereocenters. The fourth-order valence-electron chi connectivity index (χ4n) is 6.63. The number of carboxylic acids is 1. The molecule has 0 saturated carbocycles. The summed E-state index contributed by atoms with van der Waals surface area (Å²) in [7, 11) is 0. The fraction of sp³-hybridized carbons (Fsp3) is 0.0500. The zero-order chi connectivity index (χ0) is 30.5. The molecule has 1 heterocycles. The number of hydrogen-bond donors (Lipinski definition) is 1. The summed E-state index contributed by atoms with van der Waals surface area (Å²) in [5, 5.41) is 18.4. The van der Waals surface area contributed by atoms with Crippen LogP contribution in [0.2, 0.25) is 0 Å². The molecular weight excluding hydrogens is 573 g/mol. The molecule has 5 heteroatoms. The van der Waals surface area contributed by atoms with E-state index in [0.29, 0.717) is 0 Å². The van der Waals surface area contributed by atoms with E-state index in [1.54, 1.807) is 6.07 Å². The van der Waals surface area contributed by atoms with E-state index in [0.717, 1.165) is 45.2 Å². The largest absolute Gasteiger partial charge is 0.477 e. The number of anilines is 3. The van der Waals surface area contributed by atoms with Gasteiger partial charge >= 0.3 is 5.97 Å². The maximum atomic E-state index is 11.3. The fourth-order valence-corrected chi connectivity index (χ4v) is 7.59. The minimum absolute atomic E-state index is 0.274. The van der Waals surface area contributed by atoms with Gasteiger partial charge in [0, 0.05) is 26.8 Å². The van der Waals surface area contributed by atoms with Crippen LogP contribution in [-0.4, -0.2) is 11.1 Å². The molecule has 45 heavy (non-hydrogen) atoms. The molecule has 0 amide bonds. The van der Waals surface area contributed by atoms with Crippen molar-refractivity contribution in [2.45, 2.75) is 12.8 Å². The van der Waals surface area contributed by atoms with Crippen LogP contribution in [0.15, 0.2) is 127 Å². The van der Waals surface area contributed by atoms with Gasteiger partial charge in [-0.15, -0.1) is 11.3 Å². The van der Waals surface area contributed by atoms with Gasteiger partial charge in [0.2, 0.25) is 0 Å². The molecule has 5 aromatic carbocycles. The van der Waals surface area contributed by atoms with Gasteiger partial charge in [-0.3, -0.25) is 0 Å². The number of aliphatic carboxylic acids is 1. The Morgan fingerprint density at radius 3 is 1.76 bits per heavy atom. The smallest absolute Gasteiger partial charge is 0.346 e. The molecule has 1 aromatic heterocycles. The van der Waals surface area contributed by atoms with Crippen molar-refractivity contribution >= 4 is 40.4 Å². The second-order valence-corrected chi connectivity index (χ2v) is 12.5. The van der Waals surface area contributed by atoms with Crippen molar-refractivity contribution in [3.8, 4) is 38.8 Å². The zero-order valence-electron chi connectivity index (χ0n) is 24.2. The van der Waals surface area contributed by atoms with Gasteiger partial charge in [0.25, 0.3) is 0 Å². The molecule has 0 bridgehead atoms. The van der Waals surface area contributed by atoms with Crippen LogP contribution in [0.3, 0.4) is 0 Å². The number of nitriles is 1. The first-order chi connectivity index (χ1) is 22.1. The molecule has 2 aliphatic carbocycles. The second-order valence-electron chi connectivity index (χ2n) is 11.4. The summed E-state index contributed by atoms with van der Waals surface area (Å²) < 4.78 is 0. The summed E-state index contributed by atoms with van der Waals surface area (Å²) in [4.78, 5) is 15.4. The minimum atomic E-state index is -1.22. The van der Waals surface area contributed by atoms with Gasteiger partial charge in [-0.1, -0.05) is 72.8 Å². The Labute approximate surface area is 265 Å². The highest BCUT2D eigenvalue weighted by atomic mass is 32.1. The van der Waals surface area contributed by atoms with Crippen LogP contribution in [0.5, 0.6) is 0 Å². The van der Waals surface area contributed by atoms with Crippen LogP contribution < -0.4 is 4.90 Å². The molecule has 0 radical (unpaired) electrons. The van der Waals surface area contributed by atoms with Crippen molar-refractivity contribution in [2.75, 3.05) is 4.90 Å². The summed E-state index contributed by atoms with van der Waals surface area (Å²) in [6.07, 6.45) is 3.28. The SMILES string of the molecule is N#CC(=Cc1ccc(-c2ccc(N(c3ccc4c(c3)Cc3ccccc3-4)c3ccc4c(c3)Cc3ccccc3-4)cc2)s1)C(=O)O. The van der Waals surface area contributed by atoms with E-state index in [4.69, 9.17) is 5.26 Å². The average molecular weight is 599 g/mol. The van der Waals surface area contributed by atoms with E-state index in [2.05, 4.69) is 114 Å². The molecule has 8 rings (SSSR count). The van der Waals surface area contributed by atoms with Crippen molar-refractivity contribution in [2.24, 2.45) is 0 Å². The molecule has 0 spiro atoms. The average Bonchev–Trinajstić information content (AvgIpc) is 3.79. The maximum Gasteiger partial charge on any atom is 0.346 e. The highest BCUT2D eigenvalue weighted by Crippen LogP contribution is 2.45. The third kappa shape index (κ3) is 4.73. The predicted molar refractivity (Wildman–Crippen MR) is 182 cm³/mol. The van der Waals surface area contributed by atoms with Gasteiger partial charge in [-0.25, -0.2) is 4.79 Å². The Balaban J connectivity index is 1.18. The first kappa shape index (κ1) is 26.9. The van der Waals surface area contributed by atoms with Gasteiger partial charge in [0.15, 0.2) is 0 Å². The van der Waals surface area contributed by atoms with Crippen LogP contribution in [0, 0.1) is 11.3 Å². The first-order valence-electron chi connectivity index (χ1n) is 14.8. The number of hydrogen-bond acceptors (Lipinski definition) is 4. The zero-order valence-corrected chi connectivity index (χ0v) is 25.0. The van der Waals surface area contributed by atoms with Crippen LogP contribution in [-0.2, 0) is 17.6 Å². The van der Waals surface area contributed by atoms with Crippen molar-refractivity contribution < 1.29 is 9.90 Å². The van der Waals surface area contributed by atoms with E-state index in [1.165, 1.54) is 61.9 Å². The Bertz CT molecular complexity index is 2120. The van der Waals surface area contributed by atoms with E-state index < -0.39 is 5.97 Å². The third-order valence-electron chi connectivity index (χ3n) is 8.75. The van der Waals surface area contributed by atoms with Crippen molar-refractivity contribution in [3.05, 3.63) is 154 Å². The van der Waals surface area contributed by atoms with Gasteiger partial charge in [0.1, 0.15) is 11.6 Å². The van der Waals surface area contributed by atoms with E-state index >= 15 is 0 Å². The molecule has 0 fully saturated rings. The van der Waals surface area contributed by atoms with Gasteiger partial charge in [-0.05, 0) is 118 Å². The summed E-state index contributed by atoms with van der Waals surface area (Å²) in [6, 6.07) is 45.0. The molecule has 0 saturated heterocycles. The number of carboxylic acid groups (broad SMARTS) is 1. The van der Waals surface area contributed by atoms with Gasteiger partial charge in [0.05, 0.1) is 0 Å². The van der Waals surface area contributed by atoms with E-state index in [9.17, 15) is 9.90 Å². The van der Waals surface area contributed by atoms with Gasteiger partial charge < -0.3 is 10.0 Å². The molecule has 0 atom stereocenters. The van der Waals surface area contributed by atoms with Crippen LogP contribution in [0.4, 0.5) is 17.1 Å². The Morgan fingerprint density at radius 1 is 0.667 bits per heavy atom. The number of benzene rings is 5. The molecule has 6 aromatic rings. The lowest BCUT2D eigenvalue weighted by Crippen LogP contribution is -2.10. The first-order valence-corrected chi connectivity index (χ1v) is 15.7. The summed E-state index contributed by atoms with van der Waals surface area (Å²) in [6.45, 7) is 0. The quantitative estimate of drug-likeness (QED) is 0.153. The number of nitrogens with zero attached hydrogens (tertiary/aromatic N) is 2. The third-order valence-corrected chi connectivity index (χ3v) is 9.83. The topological polar surface area (TPSA) is 64.3 Å².